The molecule has 0 radical (unpaired) electrons. The number of aliphatic hydroxyl groups excluding tert-OH is 1. The standard InChI is InChI=1S/C20H20FN7O/c1-11(27-20-17-19(24-9-23-17)25-10-26-20)14-7-15(21)13-3-2-5-22-16(13)18(14)28-6-4-12(29)8-28/h2-3,5,7,9-12,29H,4,6,8H2,1H3,(H2,23,24,25,26,27). The summed E-state index contributed by atoms with van der Waals surface area (Å²) in [4.78, 5) is 22.2. The van der Waals surface area contributed by atoms with Crippen LogP contribution in [0, 0.1) is 5.82 Å². The lowest BCUT2D eigenvalue weighted by molar-refractivity contribution is 0.198. The van der Waals surface area contributed by atoms with Gasteiger partial charge in [-0.3, -0.25) is 4.98 Å². The molecule has 8 nitrogen and oxygen atoms in total. The maximum atomic E-state index is 14.9. The summed E-state index contributed by atoms with van der Waals surface area (Å²) in [6.07, 6.45) is 4.94. The molecule has 29 heavy (non-hydrogen) atoms. The Morgan fingerprint density at radius 1 is 1.31 bits per heavy atom. The number of halogens is 1. The van der Waals surface area contributed by atoms with Gasteiger partial charge in [0, 0.05) is 30.2 Å². The molecule has 2 unspecified atom stereocenters. The number of rotatable bonds is 4. The molecular formula is C20H20FN7O. The average molecular weight is 393 g/mol. The Bertz CT molecular complexity index is 1190. The molecule has 0 saturated carbocycles. The summed E-state index contributed by atoms with van der Waals surface area (Å²) in [5.74, 6) is 0.267. The van der Waals surface area contributed by atoms with Gasteiger partial charge in [-0.05, 0) is 31.5 Å². The van der Waals surface area contributed by atoms with E-state index in [1.54, 1.807) is 30.7 Å². The highest BCUT2D eigenvalue weighted by atomic mass is 19.1. The maximum Gasteiger partial charge on any atom is 0.182 e. The first kappa shape index (κ1) is 17.7. The number of hydrogen-bond acceptors (Lipinski definition) is 7. The van der Waals surface area contributed by atoms with Crippen molar-refractivity contribution in [2.45, 2.75) is 25.5 Å². The number of anilines is 2. The molecule has 0 amide bonds. The fourth-order valence-corrected chi connectivity index (χ4v) is 3.97. The third-order valence-electron chi connectivity index (χ3n) is 5.37. The normalized spacial score (nSPS) is 17.9. The van der Waals surface area contributed by atoms with Crippen LogP contribution in [0.3, 0.4) is 0 Å². The molecule has 5 rings (SSSR count). The van der Waals surface area contributed by atoms with E-state index >= 15 is 0 Å². The van der Waals surface area contributed by atoms with Crippen LogP contribution < -0.4 is 10.2 Å². The van der Waals surface area contributed by atoms with Crippen LogP contribution in [0.5, 0.6) is 0 Å². The van der Waals surface area contributed by atoms with E-state index in [1.807, 2.05) is 6.92 Å². The van der Waals surface area contributed by atoms with Gasteiger partial charge in [0.25, 0.3) is 0 Å². The third-order valence-corrected chi connectivity index (χ3v) is 5.37. The molecule has 0 aliphatic carbocycles. The Morgan fingerprint density at radius 3 is 3.03 bits per heavy atom. The Morgan fingerprint density at radius 2 is 2.21 bits per heavy atom. The molecular weight excluding hydrogens is 373 g/mol. The fraction of sp³-hybridized carbons (Fsp3) is 0.300. The highest BCUT2D eigenvalue weighted by molar-refractivity contribution is 5.94. The highest BCUT2D eigenvalue weighted by Crippen LogP contribution is 2.38. The lowest BCUT2D eigenvalue weighted by atomic mass is 10.0. The van der Waals surface area contributed by atoms with Gasteiger partial charge in [-0.2, -0.15) is 0 Å². The van der Waals surface area contributed by atoms with Gasteiger partial charge in [0.1, 0.15) is 17.7 Å². The van der Waals surface area contributed by atoms with Crippen LogP contribution in [-0.4, -0.2) is 49.2 Å². The quantitative estimate of drug-likeness (QED) is 0.490. The van der Waals surface area contributed by atoms with Gasteiger partial charge in [0.05, 0.1) is 29.7 Å². The third kappa shape index (κ3) is 3.03. The van der Waals surface area contributed by atoms with E-state index in [9.17, 15) is 9.50 Å². The van der Waals surface area contributed by atoms with E-state index in [2.05, 4.69) is 35.1 Å². The van der Waals surface area contributed by atoms with Crippen LogP contribution in [0.15, 0.2) is 37.1 Å². The predicted octanol–water partition coefficient (Wildman–Crippen LogP) is 2.78. The largest absolute Gasteiger partial charge is 0.391 e. The van der Waals surface area contributed by atoms with Gasteiger partial charge in [-0.15, -0.1) is 0 Å². The monoisotopic (exact) mass is 393 g/mol. The van der Waals surface area contributed by atoms with Gasteiger partial charge in [0.2, 0.25) is 0 Å². The number of H-pyrrole nitrogens is 1. The molecule has 4 heterocycles. The van der Waals surface area contributed by atoms with Crippen LogP contribution in [0.4, 0.5) is 15.9 Å². The molecule has 0 bridgehead atoms. The van der Waals surface area contributed by atoms with Gasteiger partial charge >= 0.3 is 0 Å². The second-order valence-corrected chi connectivity index (χ2v) is 7.27. The molecule has 4 aromatic rings. The number of hydrogen-bond donors (Lipinski definition) is 3. The lowest BCUT2D eigenvalue weighted by Crippen LogP contribution is -2.24. The molecule has 2 atom stereocenters. The average Bonchev–Trinajstić information content (AvgIpc) is 3.37. The minimum absolute atomic E-state index is 0.273. The second kappa shape index (κ2) is 6.93. The molecule has 9 heteroatoms. The minimum atomic E-state index is -0.401. The van der Waals surface area contributed by atoms with Crippen molar-refractivity contribution in [3.05, 3.63) is 48.4 Å². The van der Waals surface area contributed by atoms with Crippen molar-refractivity contribution >= 4 is 33.6 Å². The number of imidazole rings is 1. The Labute approximate surface area is 165 Å². The molecule has 3 N–H and O–H groups in total. The number of aromatic nitrogens is 5. The Kier molecular flexibility index (Phi) is 4.24. The number of fused-ring (bicyclic) bond motifs is 2. The summed E-state index contributed by atoms with van der Waals surface area (Å²) in [5.41, 5.74) is 3.45. The van der Waals surface area contributed by atoms with E-state index in [-0.39, 0.29) is 11.9 Å². The Hall–Kier alpha value is -3.33. The van der Waals surface area contributed by atoms with Gasteiger partial charge in [0.15, 0.2) is 11.5 Å². The minimum Gasteiger partial charge on any atom is -0.391 e. The molecule has 1 aliphatic heterocycles. The van der Waals surface area contributed by atoms with Crippen LogP contribution in [0.25, 0.3) is 22.1 Å². The number of aromatic amines is 1. The second-order valence-electron chi connectivity index (χ2n) is 7.27. The van der Waals surface area contributed by atoms with Crippen LogP contribution in [-0.2, 0) is 0 Å². The lowest BCUT2D eigenvalue weighted by Gasteiger charge is -2.27. The number of aliphatic hydroxyl groups is 1. The smallest absolute Gasteiger partial charge is 0.182 e. The SMILES string of the molecule is CC(Nc1ncnc2nc[nH]c12)c1cc(F)c2cccnc2c1N1CCC(O)C1. The van der Waals surface area contributed by atoms with E-state index in [0.29, 0.717) is 47.4 Å². The number of nitrogens with one attached hydrogen (secondary N) is 2. The molecule has 1 fully saturated rings. The number of β-amino-alcohol motifs (C(OH)–C–C–N with tert-alkyl or cyclic N) is 1. The van der Waals surface area contributed by atoms with Crippen molar-refractivity contribution in [2.75, 3.05) is 23.3 Å². The van der Waals surface area contributed by atoms with E-state index in [4.69, 9.17) is 0 Å². The van der Waals surface area contributed by atoms with Crippen molar-refractivity contribution in [3.8, 4) is 0 Å². The topological polar surface area (TPSA) is 103 Å². The zero-order valence-electron chi connectivity index (χ0n) is 15.8. The number of benzene rings is 1. The summed E-state index contributed by atoms with van der Waals surface area (Å²) < 4.78 is 14.9. The molecule has 1 aliphatic rings. The van der Waals surface area contributed by atoms with Crippen molar-refractivity contribution in [1.82, 2.24) is 24.9 Å². The first-order valence-corrected chi connectivity index (χ1v) is 9.52. The van der Waals surface area contributed by atoms with Gasteiger partial charge < -0.3 is 20.3 Å². The molecule has 148 valence electrons. The summed E-state index contributed by atoms with van der Waals surface area (Å²) in [7, 11) is 0. The van der Waals surface area contributed by atoms with Crippen molar-refractivity contribution in [1.29, 1.82) is 0 Å². The van der Waals surface area contributed by atoms with E-state index in [1.165, 1.54) is 6.33 Å². The van der Waals surface area contributed by atoms with E-state index in [0.717, 1.165) is 11.3 Å². The summed E-state index contributed by atoms with van der Waals surface area (Å²) in [5, 5.41) is 13.9. The molecule has 1 saturated heterocycles. The Balaban J connectivity index is 1.62. The van der Waals surface area contributed by atoms with Crippen LogP contribution >= 0.6 is 0 Å². The zero-order valence-corrected chi connectivity index (χ0v) is 15.8. The van der Waals surface area contributed by atoms with Crippen molar-refractivity contribution in [2.24, 2.45) is 0 Å². The summed E-state index contributed by atoms with van der Waals surface area (Å²) >= 11 is 0. The van der Waals surface area contributed by atoms with Crippen LogP contribution in [0.1, 0.15) is 24.9 Å². The van der Waals surface area contributed by atoms with Crippen molar-refractivity contribution in [3.63, 3.8) is 0 Å². The summed E-state index contributed by atoms with van der Waals surface area (Å²) in [6, 6.07) is 4.73. The molecule has 3 aromatic heterocycles. The van der Waals surface area contributed by atoms with Crippen LogP contribution in [0.2, 0.25) is 0 Å². The zero-order chi connectivity index (χ0) is 20.0. The van der Waals surface area contributed by atoms with Crippen molar-refractivity contribution < 1.29 is 9.50 Å². The molecule has 1 aromatic carbocycles. The summed E-state index contributed by atoms with van der Waals surface area (Å²) in [6.45, 7) is 3.13. The molecule has 0 spiro atoms. The predicted molar refractivity (Wildman–Crippen MR) is 108 cm³/mol. The highest BCUT2D eigenvalue weighted by Gasteiger charge is 2.28. The fourth-order valence-electron chi connectivity index (χ4n) is 3.97. The van der Waals surface area contributed by atoms with E-state index < -0.39 is 6.10 Å². The van der Waals surface area contributed by atoms with Gasteiger partial charge in [-0.25, -0.2) is 19.3 Å². The first-order valence-electron chi connectivity index (χ1n) is 9.52. The maximum absolute atomic E-state index is 14.9. The number of nitrogens with zero attached hydrogens (tertiary/aromatic N) is 5. The van der Waals surface area contributed by atoms with Gasteiger partial charge in [-0.1, -0.05) is 0 Å². The number of pyridine rings is 1. The first-order chi connectivity index (χ1) is 14.1.